The van der Waals surface area contributed by atoms with Crippen molar-refractivity contribution in [3.05, 3.63) is 70.8 Å². The van der Waals surface area contributed by atoms with Crippen molar-refractivity contribution in [3.63, 3.8) is 0 Å². The number of rotatable bonds is 10. The van der Waals surface area contributed by atoms with Gasteiger partial charge >= 0.3 is 0 Å². The average molecular weight is 506 g/mol. The summed E-state index contributed by atoms with van der Waals surface area (Å²) in [6.07, 6.45) is 3.38. The van der Waals surface area contributed by atoms with Crippen LogP contribution < -0.4 is 5.32 Å². The van der Waals surface area contributed by atoms with Crippen molar-refractivity contribution >= 4 is 17.6 Å². The number of amides is 2. The van der Waals surface area contributed by atoms with Gasteiger partial charge in [0, 0.05) is 43.9 Å². The number of unbranched alkanes of at least 4 members (excludes halogenated alkanes) is 1. The lowest BCUT2D eigenvalue weighted by molar-refractivity contribution is -0.135. The second-order valence-corrected chi connectivity index (χ2v) is 8.99. The Labute approximate surface area is 218 Å². The Bertz CT molecular complexity index is 1100. The molecule has 8 nitrogen and oxygen atoms in total. The number of aliphatic hydroxyl groups excluding tert-OH is 1. The van der Waals surface area contributed by atoms with Gasteiger partial charge in [-0.25, -0.2) is 0 Å². The third-order valence-electron chi connectivity index (χ3n) is 6.39. The first kappa shape index (κ1) is 28.1. The number of hydrogen-bond acceptors (Lipinski definition) is 6. The molecule has 1 unspecified atom stereocenters. The van der Waals surface area contributed by atoms with Crippen LogP contribution in [0.1, 0.15) is 39.9 Å². The highest BCUT2D eigenvalue weighted by atomic mass is 16.5. The lowest BCUT2D eigenvalue weighted by Gasteiger charge is -2.26. The van der Waals surface area contributed by atoms with Gasteiger partial charge in [-0.3, -0.25) is 19.3 Å². The number of morpholine rings is 1. The first-order valence-electron chi connectivity index (χ1n) is 12.6. The van der Waals surface area contributed by atoms with Crippen LogP contribution in [0.5, 0.6) is 0 Å². The van der Waals surface area contributed by atoms with Crippen LogP contribution in [0, 0.1) is 11.8 Å². The summed E-state index contributed by atoms with van der Waals surface area (Å²) in [5, 5.41) is 11.5. The summed E-state index contributed by atoms with van der Waals surface area (Å²) in [5.41, 5.74) is 3.26. The van der Waals surface area contributed by atoms with Crippen LogP contribution >= 0.6 is 0 Å². The molecular weight excluding hydrogens is 470 g/mol. The van der Waals surface area contributed by atoms with Crippen molar-refractivity contribution in [2.75, 3.05) is 53.6 Å². The number of ketones is 1. The third-order valence-corrected chi connectivity index (χ3v) is 6.39. The highest BCUT2D eigenvalue weighted by Crippen LogP contribution is 2.11. The van der Waals surface area contributed by atoms with Crippen LogP contribution in [0.25, 0.3) is 0 Å². The highest BCUT2D eigenvalue weighted by Gasteiger charge is 2.32. The van der Waals surface area contributed by atoms with Gasteiger partial charge in [0.05, 0.1) is 13.2 Å². The molecule has 0 bridgehead atoms. The van der Waals surface area contributed by atoms with Crippen molar-refractivity contribution < 1.29 is 24.2 Å². The van der Waals surface area contributed by atoms with E-state index in [9.17, 15) is 14.4 Å². The molecule has 0 aliphatic carbocycles. The van der Waals surface area contributed by atoms with E-state index in [-0.39, 0.29) is 0 Å². The summed E-state index contributed by atoms with van der Waals surface area (Å²) in [7, 11) is 2.73. The van der Waals surface area contributed by atoms with Gasteiger partial charge in [-0.2, -0.15) is 0 Å². The molecule has 0 radical (unpaired) electrons. The van der Waals surface area contributed by atoms with Crippen molar-refractivity contribution in [1.82, 2.24) is 15.1 Å². The van der Waals surface area contributed by atoms with Gasteiger partial charge in [-0.15, -0.1) is 0 Å². The molecule has 1 atom stereocenters. The van der Waals surface area contributed by atoms with E-state index >= 15 is 0 Å². The molecule has 2 amide bonds. The average Bonchev–Trinajstić information content (AvgIpc) is 2.95. The largest absolute Gasteiger partial charge is 0.388 e. The lowest BCUT2D eigenvalue weighted by atomic mass is 10.1. The zero-order valence-corrected chi connectivity index (χ0v) is 21.5. The summed E-state index contributed by atoms with van der Waals surface area (Å²) in [6, 6.07) is 13.5. The molecule has 0 saturated carbocycles. The molecule has 2 N–H and O–H groups in total. The van der Waals surface area contributed by atoms with E-state index in [1.807, 2.05) is 12.1 Å². The molecule has 1 fully saturated rings. The summed E-state index contributed by atoms with van der Waals surface area (Å²) in [4.78, 5) is 40.3. The number of aliphatic hydroxyl groups is 1. The quantitative estimate of drug-likeness (QED) is 0.288. The maximum atomic E-state index is 12.8. The zero-order chi connectivity index (χ0) is 26.6. The molecule has 196 valence electrons. The number of benzene rings is 2. The maximum Gasteiger partial charge on any atom is 0.254 e. The van der Waals surface area contributed by atoms with Gasteiger partial charge in [0.15, 0.2) is 11.8 Å². The first-order chi connectivity index (χ1) is 17.9. The van der Waals surface area contributed by atoms with E-state index in [4.69, 9.17) is 9.84 Å². The second kappa shape index (κ2) is 14.3. The van der Waals surface area contributed by atoms with Gasteiger partial charge in [0.25, 0.3) is 5.91 Å². The van der Waals surface area contributed by atoms with E-state index in [1.54, 1.807) is 24.3 Å². The molecule has 2 aromatic carbocycles. The Morgan fingerprint density at radius 2 is 1.59 bits per heavy atom. The van der Waals surface area contributed by atoms with Crippen LogP contribution in [0.4, 0.5) is 0 Å². The lowest BCUT2D eigenvalue weighted by Crippen LogP contribution is -2.52. The van der Waals surface area contributed by atoms with Gasteiger partial charge in [-0.1, -0.05) is 24.0 Å². The normalized spacial score (nSPS) is 14.2. The van der Waals surface area contributed by atoms with E-state index in [1.165, 1.54) is 26.1 Å². The Kier molecular flexibility index (Phi) is 10.8. The molecule has 3 rings (SSSR count). The maximum absolute atomic E-state index is 12.8. The summed E-state index contributed by atoms with van der Waals surface area (Å²) < 4.78 is 5.39. The van der Waals surface area contributed by atoms with Gasteiger partial charge in [-0.05, 0) is 67.8 Å². The van der Waals surface area contributed by atoms with Gasteiger partial charge in [0.2, 0.25) is 5.91 Å². The van der Waals surface area contributed by atoms with Crippen molar-refractivity contribution in [3.8, 4) is 11.8 Å². The SMILES string of the molecule is CNC(=O)C(C(=O)CO)N(C)C(=O)c1ccc(C#Cc2ccc(CCCCN3CCOCC3)cc2)cc1. The number of Topliss-reactive ketones (excluding diaryl/α,β-unsaturated/α-hetero) is 1. The number of carbonyl (C=O) groups excluding carboxylic acids is 3. The molecular formula is C29H35N3O5. The minimum absolute atomic E-state index is 0.311. The first-order valence-corrected chi connectivity index (χ1v) is 12.6. The molecule has 2 aromatic rings. The predicted molar refractivity (Wildman–Crippen MR) is 141 cm³/mol. The summed E-state index contributed by atoms with van der Waals surface area (Å²) in [6.45, 7) is 4.05. The fraction of sp³-hybridized carbons (Fsp3) is 0.414. The molecule has 0 aromatic heterocycles. The Morgan fingerprint density at radius 3 is 2.16 bits per heavy atom. The monoisotopic (exact) mass is 505 g/mol. The van der Waals surface area contributed by atoms with Crippen LogP contribution in [-0.4, -0.2) is 92.1 Å². The molecule has 1 saturated heterocycles. The van der Waals surface area contributed by atoms with Crippen LogP contribution in [0.2, 0.25) is 0 Å². The molecule has 1 heterocycles. The van der Waals surface area contributed by atoms with E-state index in [0.29, 0.717) is 5.56 Å². The Morgan fingerprint density at radius 1 is 1.00 bits per heavy atom. The Balaban J connectivity index is 1.53. The minimum Gasteiger partial charge on any atom is -0.388 e. The minimum atomic E-state index is -1.39. The van der Waals surface area contributed by atoms with E-state index in [0.717, 1.165) is 61.7 Å². The zero-order valence-electron chi connectivity index (χ0n) is 21.5. The highest BCUT2D eigenvalue weighted by molar-refractivity contribution is 6.10. The molecule has 0 spiro atoms. The second-order valence-electron chi connectivity index (χ2n) is 8.99. The predicted octanol–water partition coefficient (Wildman–Crippen LogP) is 1.49. The summed E-state index contributed by atoms with van der Waals surface area (Å²) >= 11 is 0. The number of carbonyl (C=O) groups is 3. The van der Waals surface area contributed by atoms with Crippen molar-refractivity contribution in [1.29, 1.82) is 0 Å². The Hall–Kier alpha value is -3.51. The molecule has 8 heteroatoms. The van der Waals surface area contributed by atoms with E-state index in [2.05, 4.69) is 34.2 Å². The van der Waals surface area contributed by atoms with Gasteiger partial charge in [0.1, 0.15) is 6.61 Å². The molecule has 37 heavy (non-hydrogen) atoms. The number of likely N-dealkylation sites (N-methyl/N-ethyl adjacent to an activating group) is 2. The fourth-order valence-electron chi connectivity index (χ4n) is 4.17. The standard InChI is InChI=1S/C29H35N3O5/c1-30-28(35)27(26(34)21-33)31(2)29(36)25-14-12-24(13-15-25)11-10-23-8-6-22(7-9-23)5-3-4-16-32-17-19-37-20-18-32/h6-9,12-15,27,33H,3-5,16-21H2,1-2H3,(H,30,35). The smallest absolute Gasteiger partial charge is 0.254 e. The van der Waals surface area contributed by atoms with Crippen LogP contribution in [-0.2, 0) is 20.7 Å². The van der Waals surface area contributed by atoms with Crippen molar-refractivity contribution in [2.45, 2.75) is 25.3 Å². The topological polar surface area (TPSA) is 99.2 Å². The number of nitrogens with zero attached hydrogens (tertiary/aromatic N) is 2. The third kappa shape index (κ3) is 8.25. The fourth-order valence-corrected chi connectivity index (χ4v) is 4.17. The number of hydrogen-bond donors (Lipinski definition) is 2. The number of ether oxygens (including phenoxy) is 1. The summed E-state index contributed by atoms with van der Waals surface area (Å²) in [5.74, 6) is 4.33. The molecule has 1 aliphatic rings. The van der Waals surface area contributed by atoms with Crippen LogP contribution in [0.15, 0.2) is 48.5 Å². The van der Waals surface area contributed by atoms with Crippen molar-refractivity contribution in [2.24, 2.45) is 0 Å². The van der Waals surface area contributed by atoms with Gasteiger partial charge < -0.3 is 20.1 Å². The molecule has 1 aliphatic heterocycles. The number of aryl methyl sites for hydroxylation is 1. The van der Waals surface area contributed by atoms with E-state index < -0.39 is 30.2 Å². The number of nitrogens with one attached hydrogen (secondary N) is 1. The van der Waals surface area contributed by atoms with Crippen LogP contribution in [0.3, 0.4) is 0 Å².